The molecule has 10 nitrogen and oxygen atoms in total. The highest BCUT2D eigenvalue weighted by Crippen LogP contribution is 2.23. The lowest BCUT2D eigenvalue weighted by atomic mass is 9.99. The Balaban J connectivity index is 2.36. The first kappa shape index (κ1) is 56.1. The zero-order chi connectivity index (χ0) is 43.9. The van der Waals surface area contributed by atoms with Crippen LogP contribution >= 0.6 is 0 Å². The zero-order valence-electron chi connectivity index (χ0n) is 38.1. The lowest BCUT2D eigenvalue weighted by molar-refractivity contribution is -0.302. The molecular formula is C50H91NO9. The van der Waals surface area contributed by atoms with E-state index in [9.17, 15) is 35.4 Å². The molecule has 1 amide bonds. The maximum atomic E-state index is 13.0. The van der Waals surface area contributed by atoms with Crippen LogP contribution < -0.4 is 5.32 Å². The predicted molar refractivity (Wildman–Crippen MR) is 245 cm³/mol. The molecule has 350 valence electrons. The number of aliphatic hydroxyl groups is 6. The first-order valence-electron chi connectivity index (χ1n) is 24.5. The molecule has 0 radical (unpaired) electrons. The first-order valence-corrected chi connectivity index (χ1v) is 24.5. The van der Waals surface area contributed by atoms with E-state index in [1.807, 2.05) is 12.2 Å². The molecule has 1 aliphatic heterocycles. The Bertz CT molecular complexity index is 1100. The van der Waals surface area contributed by atoms with Crippen LogP contribution in [0.1, 0.15) is 200 Å². The summed E-state index contributed by atoms with van der Waals surface area (Å²) >= 11 is 0. The van der Waals surface area contributed by atoms with Crippen LogP contribution in [0.3, 0.4) is 0 Å². The molecule has 10 heteroatoms. The van der Waals surface area contributed by atoms with Crippen molar-refractivity contribution in [2.75, 3.05) is 13.2 Å². The van der Waals surface area contributed by atoms with Crippen LogP contribution in [0.15, 0.2) is 48.6 Å². The van der Waals surface area contributed by atoms with Crippen LogP contribution in [0.4, 0.5) is 0 Å². The van der Waals surface area contributed by atoms with Gasteiger partial charge in [0.05, 0.1) is 25.4 Å². The fourth-order valence-corrected chi connectivity index (χ4v) is 7.46. The van der Waals surface area contributed by atoms with Gasteiger partial charge in [0.25, 0.3) is 0 Å². The van der Waals surface area contributed by atoms with Gasteiger partial charge in [0.2, 0.25) is 5.91 Å². The van der Waals surface area contributed by atoms with Gasteiger partial charge in [-0.15, -0.1) is 0 Å². The minimum atomic E-state index is -1.62. The Labute approximate surface area is 366 Å². The highest BCUT2D eigenvalue weighted by molar-refractivity contribution is 5.80. The van der Waals surface area contributed by atoms with Crippen molar-refractivity contribution >= 4 is 5.91 Å². The van der Waals surface area contributed by atoms with Crippen molar-refractivity contribution in [1.29, 1.82) is 0 Å². The Morgan fingerprint density at radius 3 is 1.55 bits per heavy atom. The van der Waals surface area contributed by atoms with Crippen LogP contribution in [0.2, 0.25) is 0 Å². The molecule has 60 heavy (non-hydrogen) atoms. The summed E-state index contributed by atoms with van der Waals surface area (Å²) in [5.74, 6) is -0.634. The third kappa shape index (κ3) is 29.4. The number of hydrogen-bond donors (Lipinski definition) is 7. The summed E-state index contributed by atoms with van der Waals surface area (Å²) in [7, 11) is 0. The minimum absolute atomic E-state index is 0.298. The molecular weight excluding hydrogens is 759 g/mol. The van der Waals surface area contributed by atoms with Gasteiger partial charge in [0.1, 0.15) is 30.5 Å². The normalized spacial score (nSPS) is 21.5. The van der Waals surface area contributed by atoms with Gasteiger partial charge < -0.3 is 45.4 Å². The fraction of sp³-hybridized carbons (Fsp3) is 0.820. The monoisotopic (exact) mass is 850 g/mol. The Morgan fingerprint density at radius 1 is 0.583 bits per heavy atom. The molecule has 7 N–H and O–H groups in total. The van der Waals surface area contributed by atoms with Gasteiger partial charge in [-0.25, -0.2) is 0 Å². The average Bonchev–Trinajstić information content (AvgIpc) is 3.25. The van der Waals surface area contributed by atoms with Crippen molar-refractivity contribution in [1.82, 2.24) is 5.32 Å². The summed E-state index contributed by atoms with van der Waals surface area (Å²) in [5, 5.41) is 64.6. The molecule has 1 saturated heterocycles. The Morgan fingerprint density at radius 2 is 1.03 bits per heavy atom. The minimum Gasteiger partial charge on any atom is -0.394 e. The maximum Gasteiger partial charge on any atom is 0.249 e. The van der Waals surface area contributed by atoms with E-state index in [-0.39, 0.29) is 6.61 Å². The van der Waals surface area contributed by atoms with E-state index in [1.165, 1.54) is 135 Å². The lowest BCUT2D eigenvalue weighted by Crippen LogP contribution is -2.60. The number of carbonyl (C=O) groups excluding carboxylic acids is 1. The average molecular weight is 850 g/mol. The number of unbranched alkanes of at least 4 members (excludes halogenated alkanes) is 24. The molecule has 0 aromatic rings. The molecule has 0 aliphatic carbocycles. The number of hydrogen-bond acceptors (Lipinski definition) is 9. The summed E-state index contributed by atoms with van der Waals surface area (Å²) in [6.45, 7) is 3.55. The van der Waals surface area contributed by atoms with Crippen LogP contribution in [0.25, 0.3) is 0 Å². The molecule has 0 saturated carbocycles. The van der Waals surface area contributed by atoms with E-state index in [0.29, 0.717) is 19.3 Å². The van der Waals surface area contributed by atoms with Crippen LogP contribution in [0.5, 0.6) is 0 Å². The van der Waals surface area contributed by atoms with Crippen LogP contribution in [-0.4, -0.2) is 98.7 Å². The number of nitrogens with one attached hydrogen (secondary N) is 1. The predicted octanol–water partition coefficient (Wildman–Crippen LogP) is 9.59. The smallest absolute Gasteiger partial charge is 0.249 e. The molecule has 1 fully saturated rings. The standard InChI is InChI=1S/C50H91NO9/c1-3-5-7-9-11-13-15-17-18-19-20-21-22-23-24-25-27-29-31-33-35-37-39-44(54)49(58)51-42(41-59-50-48(57)47(56)46(55)45(40-52)60-50)43(53)38-36-34-32-30-28-26-16-14-12-10-8-6-4-2/h16-18,26,28,30,36,38,42-48,50,52-57H,3-15,19-25,27,29,31-35,37,39-41H2,1-2H3,(H,51,58). The molecule has 1 aliphatic rings. The van der Waals surface area contributed by atoms with E-state index >= 15 is 0 Å². The quantitative estimate of drug-likeness (QED) is 0.0180. The third-order valence-electron chi connectivity index (χ3n) is 11.5. The third-order valence-corrected chi connectivity index (χ3v) is 11.5. The molecule has 1 rings (SSSR count). The van der Waals surface area contributed by atoms with E-state index in [2.05, 4.69) is 49.5 Å². The SMILES string of the molecule is CCCCCCCC=CC=CCCC=CC(O)C(COC1OC(CO)C(O)C(O)C1O)NC(=O)C(O)CCCCCCCCCCCCCCC=CCCCCCCCC. The second-order valence-corrected chi connectivity index (χ2v) is 17.1. The Hall–Kier alpha value is -1.89. The number of carbonyl (C=O) groups is 1. The molecule has 0 spiro atoms. The van der Waals surface area contributed by atoms with Crippen molar-refractivity contribution < 1.29 is 44.9 Å². The van der Waals surface area contributed by atoms with Gasteiger partial charge in [0.15, 0.2) is 6.29 Å². The number of rotatable bonds is 40. The van der Waals surface area contributed by atoms with Gasteiger partial charge in [-0.3, -0.25) is 4.79 Å². The highest BCUT2D eigenvalue weighted by Gasteiger charge is 2.44. The van der Waals surface area contributed by atoms with E-state index in [0.717, 1.165) is 32.1 Å². The first-order chi connectivity index (χ1) is 29.3. The van der Waals surface area contributed by atoms with Crippen LogP contribution in [-0.2, 0) is 14.3 Å². The maximum absolute atomic E-state index is 13.0. The molecule has 1 heterocycles. The van der Waals surface area contributed by atoms with Gasteiger partial charge in [-0.2, -0.15) is 0 Å². The second-order valence-electron chi connectivity index (χ2n) is 17.1. The lowest BCUT2D eigenvalue weighted by Gasteiger charge is -2.40. The van der Waals surface area contributed by atoms with Crippen molar-refractivity contribution in [2.45, 2.75) is 249 Å². The van der Waals surface area contributed by atoms with Gasteiger partial charge in [-0.1, -0.05) is 191 Å². The number of allylic oxidation sites excluding steroid dienone is 7. The number of amides is 1. The number of ether oxygens (including phenoxy) is 2. The molecule has 0 aromatic heterocycles. The zero-order valence-corrected chi connectivity index (χ0v) is 38.1. The van der Waals surface area contributed by atoms with Crippen molar-refractivity contribution in [2.24, 2.45) is 0 Å². The Kier molecular flexibility index (Phi) is 37.3. The topological polar surface area (TPSA) is 169 Å². The summed E-state index contributed by atoms with van der Waals surface area (Å²) in [6, 6.07) is -1.01. The summed E-state index contributed by atoms with van der Waals surface area (Å²) in [6.07, 6.45) is 40.6. The van der Waals surface area contributed by atoms with E-state index in [1.54, 1.807) is 6.08 Å². The summed E-state index contributed by atoms with van der Waals surface area (Å²) in [5.41, 5.74) is 0. The molecule has 0 bridgehead atoms. The summed E-state index contributed by atoms with van der Waals surface area (Å²) in [4.78, 5) is 13.0. The van der Waals surface area contributed by atoms with E-state index in [4.69, 9.17) is 9.47 Å². The van der Waals surface area contributed by atoms with E-state index < -0.39 is 61.5 Å². The van der Waals surface area contributed by atoms with Gasteiger partial charge >= 0.3 is 0 Å². The van der Waals surface area contributed by atoms with Gasteiger partial charge in [-0.05, 0) is 57.8 Å². The van der Waals surface area contributed by atoms with Crippen molar-refractivity contribution in [3.05, 3.63) is 48.6 Å². The largest absolute Gasteiger partial charge is 0.394 e. The van der Waals surface area contributed by atoms with Crippen molar-refractivity contribution in [3.63, 3.8) is 0 Å². The fourth-order valence-electron chi connectivity index (χ4n) is 7.46. The van der Waals surface area contributed by atoms with Crippen molar-refractivity contribution in [3.8, 4) is 0 Å². The molecule has 8 unspecified atom stereocenters. The van der Waals surface area contributed by atoms with Crippen LogP contribution in [0, 0.1) is 0 Å². The number of aliphatic hydroxyl groups excluding tert-OH is 6. The summed E-state index contributed by atoms with van der Waals surface area (Å²) < 4.78 is 11.1. The second kappa shape index (κ2) is 39.9. The molecule has 0 aromatic carbocycles. The highest BCUT2D eigenvalue weighted by atomic mass is 16.7. The molecule has 8 atom stereocenters. The van der Waals surface area contributed by atoms with Gasteiger partial charge in [0, 0.05) is 0 Å².